The van der Waals surface area contributed by atoms with Crippen molar-refractivity contribution in [3.05, 3.63) is 34.9 Å². The second-order valence-electron chi connectivity index (χ2n) is 4.35. The van der Waals surface area contributed by atoms with Crippen molar-refractivity contribution < 1.29 is 5.11 Å². The number of likely N-dealkylation sites (tertiary alicyclic amines) is 1. The highest BCUT2D eigenvalue weighted by Gasteiger charge is 2.23. The van der Waals surface area contributed by atoms with Crippen molar-refractivity contribution in [2.45, 2.75) is 12.6 Å². The Kier molecular flexibility index (Phi) is 2.45. The largest absolute Gasteiger partial charge is 0.390 e. The number of hydrogen-bond donors (Lipinski definition) is 1. The molecule has 0 aliphatic carbocycles. The molecule has 1 aliphatic heterocycles. The lowest BCUT2D eigenvalue weighted by Crippen LogP contribution is -2.51. The normalized spacial score (nSPS) is 17.5. The molecule has 90 valence electrons. The van der Waals surface area contributed by atoms with Gasteiger partial charge >= 0.3 is 5.69 Å². The van der Waals surface area contributed by atoms with Gasteiger partial charge in [0.2, 0.25) is 0 Å². The van der Waals surface area contributed by atoms with Crippen LogP contribution >= 0.6 is 0 Å². The van der Waals surface area contributed by atoms with Crippen molar-refractivity contribution in [3.8, 4) is 0 Å². The van der Waals surface area contributed by atoms with Crippen LogP contribution < -0.4 is 5.69 Å². The van der Waals surface area contributed by atoms with Crippen LogP contribution in [0.1, 0.15) is 0 Å². The number of pyridine rings is 1. The maximum atomic E-state index is 11.9. The molecule has 6 heteroatoms. The molecule has 1 fully saturated rings. The molecule has 0 bridgehead atoms. The Morgan fingerprint density at radius 2 is 2.18 bits per heavy atom. The average molecular weight is 234 g/mol. The summed E-state index contributed by atoms with van der Waals surface area (Å²) in [7, 11) is 0. The minimum absolute atomic E-state index is 0.110. The smallest absolute Gasteiger partial charge is 0.350 e. The van der Waals surface area contributed by atoms with E-state index in [1.54, 1.807) is 6.20 Å². The zero-order chi connectivity index (χ0) is 11.8. The van der Waals surface area contributed by atoms with Crippen molar-refractivity contribution in [3.63, 3.8) is 0 Å². The van der Waals surface area contributed by atoms with Crippen LogP contribution in [0.3, 0.4) is 0 Å². The lowest BCUT2D eigenvalue weighted by molar-refractivity contribution is -0.0000988. The number of rotatable bonds is 3. The van der Waals surface area contributed by atoms with E-state index in [9.17, 15) is 4.79 Å². The molecule has 0 spiro atoms. The Labute approximate surface area is 97.7 Å². The summed E-state index contributed by atoms with van der Waals surface area (Å²) in [6.07, 6.45) is 1.52. The summed E-state index contributed by atoms with van der Waals surface area (Å²) in [5.74, 6) is 0. The van der Waals surface area contributed by atoms with Crippen molar-refractivity contribution in [2.24, 2.45) is 0 Å². The predicted molar refractivity (Wildman–Crippen MR) is 61.9 cm³/mol. The molecular weight excluding hydrogens is 220 g/mol. The monoisotopic (exact) mass is 234 g/mol. The summed E-state index contributed by atoms with van der Waals surface area (Å²) in [6.45, 7) is 2.71. The minimum Gasteiger partial charge on any atom is -0.390 e. The van der Waals surface area contributed by atoms with Gasteiger partial charge in [-0.05, 0) is 12.1 Å². The predicted octanol–water partition coefficient (Wildman–Crippen LogP) is -0.828. The van der Waals surface area contributed by atoms with Crippen molar-refractivity contribution in [1.82, 2.24) is 19.1 Å². The van der Waals surface area contributed by atoms with Crippen LogP contribution in [0.15, 0.2) is 29.2 Å². The second kappa shape index (κ2) is 3.97. The van der Waals surface area contributed by atoms with Crippen LogP contribution in [-0.2, 0) is 6.54 Å². The van der Waals surface area contributed by atoms with Gasteiger partial charge in [-0.25, -0.2) is 9.48 Å². The summed E-state index contributed by atoms with van der Waals surface area (Å²) < 4.78 is 3.00. The van der Waals surface area contributed by atoms with Gasteiger partial charge in [0.05, 0.1) is 12.6 Å². The fourth-order valence-electron chi connectivity index (χ4n) is 2.08. The molecular formula is C11H14N4O2. The second-order valence-corrected chi connectivity index (χ2v) is 4.35. The number of aromatic nitrogens is 3. The van der Waals surface area contributed by atoms with Gasteiger partial charge in [-0.1, -0.05) is 6.07 Å². The van der Waals surface area contributed by atoms with Crippen LogP contribution in [0.4, 0.5) is 0 Å². The molecule has 0 atom stereocenters. The van der Waals surface area contributed by atoms with Gasteiger partial charge in [-0.15, -0.1) is 5.10 Å². The van der Waals surface area contributed by atoms with E-state index in [0.717, 1.165) is 6.54 Å². The fourth-order valence-corrected chi connectivity index (χ4v) is 2.08. The van der Waals surface area contributed by atoms with E-state index in [0.29, 0.717) is 25.3 Å². The summed E-state index contributed by atoms with van der Waals surface area (Å²) in [4.78, 5) is 14.0. The van der Waals surface area contributed by atoms with Gasteiger partial charge in [-0.2, -0.15) is 0 Å². The molecule has 6 nitrogen and oxygen atoms in total. The van der Waals surface area contributed by atoms with Gasteiger partial charge in [-0.3, -0.25) is 9.30 Å². The summed E-state index contributed by atoms with van der Waals surface area (Å²) >= 11 is 0. The van der Waals surface area contributed by atoms with Gasteiger partial charge in [0, 0.05) is 25.8 Å². The first-order chi connectivity index (χ1) is 8.24. The lowest BCUT2D eigenvalue weighted by atomic mass is 10.2. The highest BCUT2D eigenvalue weighted by Crippen LogP contribution is 2.06. The van der Waals surface area contributed by atoms with Crippen LogP contribution in [0.2, 0.25) is 0 Å². The average Bonchev–Trinajstić information content (AvgIpc) is 2.61. The molecule has 0 radical (unpaired) electrons. The molecule has 3 rings (SSSR count). The molecule has 0 amide bonds. The van der Waals surface area contributed by atoms with E-state index in [4.69, 9.17) is 5.11 Å². The molecule has 0 unspecified atom stereocenters. The third-order valence-electron chi connectivity index (χ3n) is 3.05. The molecule has 0 aromatic carbocycles. The van der Waals surface area contributed by atoms with Crippen LogP contribution in [0.5, 0.6) is 0 Å². The summed E-state index contributed by atoms with van der Waals surface area (Å²) in [5, 5.41) is 13.4. The third kappa shape index (κ3) is 1.85. The molecule has 3 heterocycles. The number of nitrogens with zero attached hydrogens (tertiary/aromatic N) is 4. The maximum absolute atomic E-state index is 11.9. The number of aliphatic hydroxyl groups excluding tert-OH is 1. The Balaban J connectivity index is 1.76. The van der Waals surface area contributed by atoms with Gasteiger partial charge < -0.3 is 5.11 Å². The van der Waals surface area contributed by atoms with Crippen LogP contribution in [0, 0.1) is 0 Å². The minimum atomic E-state index is -0.201. The Hall–Kier alpha value is -1.66. The van der Waals surface area contributed by atoms with E-state index < -0.39 is 0 Å². The van der Waals surface area contributed by atoms with Crippen molar-refractivity contribution in [2.75, 3.05) is 19.6 Å². The topological polar surface area (TPSA) is 62.8 Å². The fraction of sp³-hybridized carbons (Fsp3) is 0.455. The van der Waals surface area contributed by atoms with E-state index >= 15 is 0 Å². The van der Waals surface area contributed by atoms with Crippen LogP contribution in [0.25, 0.3) is 5.65 Å². The first-order valence-corrected chi connectivity index (χ1v) is 5.69. The third-order valence-corrected chi connectivity index (χ3v) is 3.05. The van der Waals surface area contributed by atoms with E-state index in [2.05, 4.69) is 10.00 Å². The number of aliphatic hydroxyl groups is 1. The highest BCUT2D eigenvalue weighted by molar-refractivity contribution is 5.35. The molecule has 1 aliphatic rings. The lowest BCUT2D eigenvalue weighted by Gasteiger charge is -2.35. The van der Waals surface area contributed by atoms with Gasteiger partial charge in [0.1, 0.15) is 0 Å². The Morgan fingerprint density at radius 3 is 2.88 bits per heavy atom. The Morgan fingerprint density at radius 1 is 1.35 bits per heavy atom. The van der Waals surface area contributed by atoms with Gasteiger partial charge in [0.25, 0.3) is 0 Å². The summed E-state index contributed by atoms with van der Waals surface area (Å²) in [6, 6.07) is 5.48. The molecule has 17 heavy (non-hydrogen) atoms. The highest BCUT2D eigenvalue weighted by atomic mass is 16.3. The SMILES string of the molecule is O=c1n(CCN2CC(O)C2)nc2ccccn12. The molecule has 2 aromatic heterocycles. The molecule has 1 N–H and O–H groups in total. The summed E-state index contributed by atoms with van der Waals surface area (Å²) in [5.41, 5.74) is 0.558. The van der Waals surface area contributed by atoms with E-state index in [1.165, 1.54) is 9.08 Å². The maximum Gasteiger partial charge on any atom is 0.350 e. The van der Waals surface area contributed by atoms with Gasteiger partial charge in [0.15, 0.2) is 5.65 Å². The Bertz CT molecular complexity index is 582. The zero-order valence-electron chi connectivity index (χ0n) is 9.36. The zero-order valence-corrected chi connectivity index (χ0v) is 9.36. The number of hydrogen-bond acceptors (Lipinski definition) is 4. The first-order valence-electron chi connectivity index (χ1n) is 5.69. The molecule has 1 saturated heterocycles. The number of β-amino-alcohol motifs (C(OH)–C–C–N with tert-alkyl or cyclic N) is 1. The van der Waals surface area contributed by atoms with E-state index in [-0.39, 0.29) is 11.8 Å². The number of fused-ring (bicyclic) bond motifs is 1. The molecule has 2 aromatic rings. The van der Waals surface area contributed by atoms with Crippen molar-refractivity contribution >= 4 is 5.65 Å². The van der Waals surface area contributed by atoms with E-state index in [1.807, 2.05) is 18.2 Å². The first kappa shape index (κ1) is 10.5. The van der Waals surface area contributed by atoms with Crippen LogP contribution in [-0.4, -0.2) is 49.9 Å². The standard InChI is InChI=1S/C11H14N4O2/c16-9-7-13(8-9)5-6-15-11(17)14-4-2-1-3-10(14)12-15/h1-4,9,16H,5-8H2. The van der Waals surface area contributed by atoms with Crippen molar-refractivity contribution in [1.29, 1.82) is 0 Å². The quantitative estimate of drug-likeness (QED) is 0.753. The molecule has 0 saturated carbocycles.